The molecule has 21 heavy (non-hydrogen) atoms. The number of sulfonamides is 1. The second-order valence-electron chi connectivity index (χ2n) is 4.73. The van der Waals surface area contributed by atoms with Crippen molar-refractivity contribution in [3.63, 3.8) is 0 Å². The third kappa shape index (κ3) is 4.23. The van der Waals surface area contributed by atoms with Gasteiger partial charge in [0, 0.05) is 29.7 Å². The normalized spacial score (nSPS) is 11.8. The standard InChI is InChI=1S/C13H16FN3O2S2/c1-9(2)16-8-10-7-11(3-4-12(10)14)21(18,19)17-13-15-5-6-20-13/h3-7,9,16H,8H2,1-2H3,(H,15,17). The van der Waals surface area contributed by atoms with Gasteiger partial charge in [0.2, 0.25) is 0 Å². The van der Waals surface area contributed by atoms with Gasteiger partial charge < -0.3 is 5.32 Å². The number of hydrogen-bond acceptors (Lipinski definition) is 5. The minimum atomic E-state index is -3.76. The largest absolute Gasteiger partial charge is 0.310 e. The van der Waals surface area contributed by atoms with E-state index >= 15 is 0 Å². The van der Waals surface area contributed by atoms with Gasteiger partial charge in [0.1, 0.15) is 5.82 Å². The third-order valence-corrected chi connectivity index (χ3v) is 4.84. The van der Waals surface area contributed by atoms with Crippen molar-refractivity contribution in [3.05, 3.63) is 41.2 Å². The number of nitrogens with zero attached hydrogens (tertiary/aromatic N) is 1. The lowest BCUT2D eigenvalue weighted by Gasteiger charge is -2.11. The van der Waals surface area contributed by atoms with Crippen LogP contribution in [0.3, 0.4) is 0 Å². The summed E-state index contributed by atoms with van der Waals surface area (Å²) in [5, 5.41) is 5.01. The van der Waals surface area contributed by atoms with Crippen LogP contribution in [0.5, 0.6) is 0 Å². The van der Waals surface area contributed by atoms with Gasteiger partial charge in [0.25, 0.3) is 10.0 Å². The molecule has 0 aliphatic heterocycles. The predicted molar refractivity (Wildman–Crippen MR) is 81.3 cm³/mol. The summed E-state index contributed by atoms with van der Waals surface area (Å²) in [6, 6.07) is 3.91. The summed E-state index contributed by atoms with van der Waals surface area (Å²) in [6.45, 7) is 4.13. The molecule has 0 spiro atoms. The zero-order valence-electron chi connectivity index (χ0n) is 11.6. The van der Waals surface area contributed by atoms with Crippen molar-refractivity contribution >= 4 is 26.5 Å². The number of thiazole rings is 1. The highest BCUT2D eigenvalue weighted by atomic mass is 32.2. The molecular formula is C13H16FN3O2S2. The molecule has 0 bridgehead atoms. The van der Waals surface area contributed by atoms with Gasteiger partial charge in [0.05, 0.1) is 4.90 Å². The predicted octanol–water partition coefficient (Wildman–Crippen LogP) is 2.58. The second kappa shape index (κ2) is 6.50. The van der Waals surface area contributed by atoms with Crippen LogP contribution in [0.1, 0.15) is 19.4 Å². The topological polar surface area (TPSA) is 71.1 Å². The fourth-order valence-corrected chi connectivity index (χ4v) is 3.45. The van der Waals surface area contributed by atoms with Crippen molar-refractivity contribution in [2.45, 2.75) is 31.3 Å². The first-order valence-electron chi connectivity index (χ1n) is 6.32. The van der Waals surface area contributed by atoms with Crippen molar-refractivity contribution in [2.24, 2.45) is 0 Å². The summed E-state index contributed by atoms with van der Waals surface area (Å²) in [7, 11) is -3.76. The van der Waals surface area contributed by atoms with Crippen molar-refractivity contribution in [1.82, 2.24) is 10.3 Å². The fourth-order valence-electron chi connectivity index (χ4n) is 1.62. The van der Waals surface area contributed by atoms with Crippen LogP contribution in [-0.4, -0.2) is 19.4 Å². The Balaban J connectivity index is 2.25. The maximum Gasteiger partial charge on any atom is 0.263 e. The average molecular weight is 329 g/mol. The van der Waals surface area contributed by atoms with Crippen LogP contribution in [0.4, 0.5) is 9.52 Å². The van der Waals surface area contributed by atoms with Crippen LogP contribution < -0.4 is 10.0 Å². The molecule has 0 aliphatic rings. The van der Waals surface area contributed by atoms with E-state index in [-0.39, 0.29) is 22.6 Å². The van der Waals surface area contributed by atoms with Crippen molar-refractivity contribution < 1.29 is 12.8 Å². The van der Waals surface area contributed by atoms with Gasteiger partial charge in [-0.25, -0.2) is 17.8 Å². The van der Waals surface area contributed by atoms with Crippen LogP contribution in [0.2, 0.25) is 0 Å². The lowest BCUT2D eigenvalue weighted by molar-refractivity contribution is 0.551. The molecule has 1 heterocycles. The highest BCUT2D eigenvalue weighted by Gasteiger charge is 2.17. The van der Waals surface area contributed by atoms with Crippen LogP contribution in [0, 0.1) is 5.82 Å². The molecule has 2 aromatic rings. The molecule has 2 rings (SSSR count). The summed E-state index contributed by atoms with van der Waals surface area (Å²) in [4.78, 5) is 3.88. The van der Waals surface area contributed by atoms with Crippen molar-refractivity contribution in [1.29, 1.82) is 0 Å². The van der Waals surface area contributed by atoms with Crippen molar-refractivity contribution in [3.8, 4) is 0 Å². The zero-order valence-corrected chi connectivity index (χ0v) is 13.3. The maximum absolute atomic E-state index is 13.7. The first-order valence-corrected chi connectivity index (χ1v) is 8.69. The minimum absolute atomic E-state index is 0.0136. The van der Waals surface area contributed by atoms with E-state index in [0.717, 1.165) is 6.07 Å². The number of nitrogens with one attached hydrogen (secondary N) is 2. The molecule has 1 aromatic heterocycles. The highest BCUT2D eigenvalue weighted by Crippen LogP contribution is 2.20. The zero-order chi connectivity index (χ0) is 15.5. The van der Waals surface area contributed by atoms with Gasteiger partial charge >= 0.3 is 0 Å². The van der Waals surface area contributed by atoms with E-state index in [1.54, 1.807) is 5.38 Å². The first-order chi connectivity index (χ1) is 9.88. The lowest BCUT2D eigenvalue weighted by atomic mass is 10.2. The summed E-state index contributed by atoms with van der Waals surface area (Å²) in [6.07, 6.45) is 1.51. The molecule has 0 radical (unpaired) electrons. The number of rotatable bonds is 6. The molecular weight excluding hydrogens is 313 g/mol. The molecule has 0 atom stereocenters. The molecule has 0 aliphatic carbocycles. The average Bonchev–Trinajstić information content (AvgIpc) is 2.89. The van der Waals surface area contributed by atoms with E-state index in [0.29, 0.717) is 5.56 Å². The number of halogens is 1. The quantitative estimate of drug-likeness (QED) is 0.854. The molecule has 0 amide bonds. The highest BCUT2D eigenvalue weighted by molar-refractivity contribution is 7.93. The van der Waals surface area contributed by atoms with E-state index in [1.807, 2.05) is 13.8 Å². The Bertz CT molecular complexity index is 700. The van der Waals surface area contributed by atoms with Crippen LogP contribution in [-0.2, 0) is 16.6 Å². The van der Waals surface area contributed by atoms with Gasteiger partial charge in [-0.2, -0.15) is 0 Å². The van der Waals surface area contributed by atoms with Gasteiger partial charge in [-0.1, -0.05) is 13.8 Å². The van der Waals surface area contributed by atoms with Gasteiger partial charge in [-0.15, -0.1) is 11.3 Å². The Morgan fingerprint density at radius 2 is 2.14 bits per heavy atom. The molecule has 2 N–H and O–H groups in total. The summed E-state index contributed by atoms with van der Waals surface area (Å²) in [5.41, 5.74) is 0.311. The molecule has 5 nitrogen and oxygen atoms in total. The number of anilines is 1. The van der Waals surface area contributed by atoms with Gasteiger partial charge in [-0.3, -0.25) is 4.72 Å². The summed E-state index contributed by atoms with van der Waals surface area (Å²) >= 11 is 1.18. The molecule has 0 fully saturated rings. The molecule has 1 aromatic carbocycles. The summed E-state index contributed by atoms with van der Waals surface area (Å²) < 4.78 is 40.5. The van der Waals surface area contributed by atoms with Crippen LogP contribution >= 0.6 is 11.3 Å². The Morgan fingerprint density at radius 3 is 2.76 bits per heavy atom. The minimum Gasteiger partial charge on any atom is -0.310 e. The van der Waals surface area contributed by atoms with Gasteiger partial charge in [0.15, 0.2) is 5.13 Å². The van der Waals surface area contributed by atoms with Gasteiger partial charge in [-0.05, 0) is 18.2 Å². The third-order valence-electron chi connectivity index (χ3n) is 2.68. The Kier molecular flexibility index (Phi) is 4.92. The molecule has 8 heteroatoms. The maximum atomic E-state index is 13.7. The number of hydrogen-bond donors (Lipinski definition) is 2. The smallest absolute Gasteiger partial charge is 0.263 e. The molecule has 0 saturated carbocycles. The van der Waals surface area contributed by atoms with E-state index in [9.17, 15) is 12.8 Å². The Labute approximate surface area is 127 Å². The van der Waals surface area contributed by atoms with E-state index < -0.39 is 15.8 Å². The van der Waals surface area contributed by atoms with Crippen LogP contribution in [0.25, 0.3) is 0 Å². The Morgan fingerprint density at radius 1 is 1.38 bits per heavy atom. The number of benzene rings is 1. The van der Waals surface area contributed by atoms with E-state index in [4.69, 9.17) is 0 Å². The fraction of sp³-hybridized carbons (Fsp3) is 0.308. The lowest BCUT2D eigenvalue weighted by Crippen LogP contribution is -2.23. The molecule has 114 valence electrons. The molecule has 0 unspecified atom stereocenters. The second-order valence-corrected chi connectivity index (χ2v) is 7.31. The van der Waals surface area contributed by atoms with E-state index in [2.05, 4.69) is 15.0 Å². The monoisotopic (exact) mass is 329 g/mol. The first kappa shape index (κ1) is 15.9. The SMILES string of the molecule is CC(C)NCc1cc(S(=O)(=O)Nc2nccs2)ccc1F. The molecule has 0 saturated heterocycles. The summed E-state index contributed by atoms with van der Waals surface area (Å²) in [5.74, 6) is -0.434. The van der Waals surface area contributed by atoms with E-state index in [1.165, 1.54) is 29.7 Å². The Hall–Kier alpha value is -1.51. The van der Waals surface area contributed by atoms with Crippen LogP contribution in [0.15, 0.2) is 34.7 Å². The van der Waals surface area contributed by atoms with Crippen molar-refractivity contribution in [2.75, 3.05) is 4.72 Å². The number of aromatic nitrogens is 1.